The van der Waals surface area contributed by atoms with Crippen LogP contribution in [0.15, 0.2) is 17.6 Å². The quantitative estimate of drug-likeness (QED) is 0.494. The average Bonchev–Trinajstić information content (AvgIpc) is 2.14. The Labute approximate surface area is 42.9 Å². The Hall–Kier alpha value is -0.630. The number of rotatable bonds is 1. The highest BCUT2D eigenvalue weighted by Gasteiger charge is 1.97. The SMILES string of the molecule is C=CC1=NCNC1. The maximum Gasteiger partial charge on any atom is 0.0891 e. The average molecular weight is 96.1 g/mol. The molecule has 0 saturated heterocycles. The number of nitrogens with zero attached hydrogens (tertiary/aromatic N) is 1. The van der Waals surface area contributed by atoms with Gasteiger partial charge in [-0.1, -0.05) is 6.58 Å². The molecule has 0 spiro atoms. The van der Waals surface area contributed by atoms with Crippen molar-refractivity contribution in [1.82, 2.24) is 5.32 Å². The molecule has 1 heterocycles. The molecule has 1 rings (SSSR count). The summed E-state index contributed by atoms with van der Waals surface area (Å²) in [5, 5.41) is 3.05. The summed E-state index contributed by atoms with van der Waals surface area (Å²) in [6.45, 7) is 5.23. The Morgan fingerprint density at radius 3 is 3.00 bits per heavy atom. The lowest BCUT2D eigenvalue weighted by Crippen LogP contribution is -2.10. The van der Waals surface area contributed by atoms with Gasteiger partial charge >= 0.3 is 0 Å². The third kappa shape index (κ3) is 0.871. The number of hydrogen-bond acceptors (Lipinski definition) is 2. The highest BCUT2D eigenvalue weighted by molar-refractivity contribution is 5.97. The fourth-order valence-electron chi connectivity index (χ4n) is 0.534. The van der Waals surface area contributed by atoms with Gasteiger partial charge in [0.2, 0.25) is 0 Å². The molecule has 1 aliphatic heterocycles. The summed E-state index contributed by atoms with van der Waals surface area (Å²) in [7, 11) is 0. The topological polar surface area (TPSA) is 24.4 Å². The fourth-order valence-corrected chi connectivity index (χ4v) is 0.534. The molecular formula is C5H8N2. The smallest absolute Gasteiger partial charge is 0.0891 e. The van der Waals surface area contributed by atoms with Gasteiger partial charge in [-0.2, -0.15) is 0 Å². The Bertz CT molecular complexity index is 105. The van der Waals surface area contributed by atoms with E-state index in [0.717, 1.165) is 18.9 Å². The van der Waals surface area contributed by atoms with E-state index in [0.29, 0.717) is 0 Å². The molecule has 1 N–H and O–H groups in total. The normalized spacial score (nSPS) is 19.1. The van der Waals surface area contributed by atoms with Crippen LogP contribution in [0.3, 0.4) is 0 Å². The van der Waals surface area contributed by atoms with Crippen molar-refractivity contribution in [3.8, 4) is 0 Å². The molecule has 2 nitrogen and oxygen atoms in total. The Balaban J connectivity index is 2.51. The van der Waals surface area contributed by atoms with E-state index in [-0.39, 0.29) is 0 Å². The maximum atomic E-state index is 4.04. The van der Waals surface area contributed by atoms with E-state index in [2.05, 4.69) is 16.9 Å². The lowest BCUT2D eigenvalue weighted by Gasteiger charge is -1.82. The maximum absolute atomic E-state index is 4.04. The second-order valence-electron chi connectivity index (χ2n) is 1.44. The second kappa shape index (κ2) is 1.89. The highest BCUT2D eigenvalue weighted by Crippen LogP contribution is 1.84. The van der Waals surface area contributed by atoms with Gasteiger partial charge in [0.05, 0.1) is 6.67 Å². The fraction of sp³-hybridized carbons (Fsp3) is 0.400. The lowest BCUT2D eigenvalue weighted by molar-refractivity contribution is 0.850. The van der Waals surface area contributed by atoms with Gasteiger partial charge in [0.1, 0.15) is 0 Å². The van der Waals surface area contributed by atoms with Crippen LogP contribution in [0, 0.1) is 0 Å². The molecule has 0 atom stereocenters. The van der Waals surface area contributed by atoms with Crippen molar-refractivity contribution in [2.24, 2.45) is 4.99 Å². The van der Waals surface area contributed by atoms with Crippen molar-refractivity contribution >= 4 is 5.71 Å². The first-order chi connectivity index (χ1) is 3.43. The van der Waals surface area contributed by atoms with E-state index in [1.54, 1.807) is 6.08 Å². The summed E-state index contributed by atoms with van der Waals surface area (Å²) in [5.41, 5.74) is 1.07. The van der Waals surface area contributed by atoms with Gasteiger partial charge in [-0.25, -0.2) is 0 Å². The first-order valence-corrected chi connectivity index (χ1v) is 2.30. The van der Waals surface area contributed by atoms with Crippen LogP contribution in [0.4, 0.5) is 0 Å². The second-order valence-corrected chi connectivity index (χ2v) is 1.44. The van der Waals surface area contributed by atoms with Crippen LogP contribution in [0.25, 0.3) is 0 Å². The van der Waals surface area contributed by atoms with Crippen LogP contribution in [0.5, 0.6) is 0 Å². The minimum absolute atomic E-state index is 0.765. The van der Waals surface area contributed by atoms with Gasteiger partial charge in [0, 0.05) is 12.3 Å². The Kier molecular flexibility index (Phi) is 1.22. The molecule has 0 aromatic heterocycles. The number of hydrogen-bond donors (Lipinski definition) is 1. The summed E-state index contributed by atoms with van der Waals surface area (Å²) in [5.74, 6) is 0. The number of aliphatic imine (C=N–C) groups is 1. The van der Waals surface area contributed by atoms with Gasteiger partial charge in [-0.05, 0) is 6.08 Å². The summed E-state index contributed by atoms with van der Waals surface area (Å²) in [4.78, 5) is 4.04. The van der Waals surface area contributed by atoms with E-state index < -0.39 is 0 Å². The van der Waals surface area contributed by atoms with E-state index in [1.807, 2.05) is 0 Å². The molecule has 0 unspecified atom stereocenters. The molecule has 0 aliphatic carbocycles. The Morgan fingerprint density at radius 2 is 2.71 bits per heavy atom. The first kappa shape index (κ1) is 4.53. The summed E-state index contributed by atoms with van der Waals surface area (Å²) in [6.07, 6.45) is 1.78. The predicted molar refractivity (Wildman–Crippen MR) is 30.5 cm³/mol. The van der Waals surface area contributed by atoms with Gasteiger partial charge in [0.15, 0.2) is 0 Å². The van der Waals surface area contributed by atoms with E-state index in [4.69, 9.17) is 0 Å². The zero-order valence-electron chi connectivity index (χ0n) is 4.15. The Morgan fingerprint density at radius 1 is 1.86 bits per heavy atom. The van der Waals surface area contributed by atoms with Crippen molar-refractivity contribution in [2.75, 3.05) is 13.2 Å². The molecule has 0 fully saturated rings. The first-order valence-electron chi connectivity index (χ1n) is 2.30. The van der Waals surface area contributed by atoms with E-state index >= 15 is 0 Å². The van der Waals surface area contributed by atoms with Crippen LogP contribution >= 0.6 is 0 Å². The summed E-state index contributed by atoms with van der Waals surface area (Å²) >= 11 is 0. The van der Waals surface area contributed by atoms with Crippen molar-refractivity contribution in [3.63, 3.8) is 0 Å². The largest absolute Gasteiger partial charge is 0.293 e. The van der Waals surface area contributed by atoms with E-state index in [1.165, 1.54) is 0 Å². The van der Waals surface area contributed by atoms with Crippen LogP contribution in [0.1, 0.15) is 0 Å². The summed E-state index contributed by atoms with van der Waals surface area (Å²) in [6, 6.07) is 0. The van der Waals surface area contributed by atoms with Gasteiger partial charge < -0.3 is 0 Å². The third-order valence-corrected chi connectivity index (χ3v) is 0.936. The molecule has 0 saturated carbocycles. The zero-order chi connectivity index (χ0) is 5.11. The predicted octanol–water partition coefficient (Wildman–Crippen LogP) is 0.174. The van der Waals surface area contributed by atoms with Crippen LogP contribution in [-0.2, 0) is 0 Å². The molecular weight excluding hydrogens is 88.1 g/mol. The van der Waals surface area contributed by atoms with Gasteiger partial charge in [-0.3, -0.25) is 10.3 Å². The number of nitrogens with one attached hydrogen (secondary N) is 1. The third-order valence-electron chi connectivity index (χ3n) is 0.936. The molecule has 1 aliphatic rings. The molecule has 0 aromatic carbocycles. The molecule has 7 heavy (non-hydrogen) atoms. The molecule has 0 aromatic rings. The van der Waals surface area contributed by atoms with E-state index in [9.17, 15) is 0 Å². The lowest BCUT2D eigenvalue weighted by atomic mass is 10.4. The van der Waals surface area contributed by atoms with Gasteiger partial charge in [-0.15, -0.1) is 0 Å². The molecule has 2 heteroatoms. The van der Waals surface area contributed by atoms with Crippen LogP contribution in [0.2, 0.25) is 0 Å². The van der Waals surface area contributed by atoms with Crippen molar-refractivity contribution in [3.05, 3.63) is 12.7 Å². The van der Waals surface area contributed by atoms with Crippen molar-refractivity contribution < 1.29 is 0 Å². The molecule has 0 radical (unpaired) electrons. The molecule has 0 amide bonds. The molecule has 38 valence electrons. The minimum Gasteiger partial charge on any atom is -0.293 e. The summed E-state index contributed by atoms with van der Waals surface area (Å²) < 4.78 is 0. The monoisotopic (exact) mass is 96.1 g/mol. The highest BCUT2D eigenvalue weighted by atomic mass is 15.1. The van der Waals surface area contributed by atoms with Crippen LogP contribution in [-0.4, -0.2) is 18.9 Å². The minimum atomic E-state index is 0.765. The zero-order valence-corrected chi connectivity index (χ0v) is 4.15. The van der Waals surface area contributed by atoms with Crippen LogP contribution < -0.4 is 5.32 Å². The van der Waals surface area contributed by atoms with Crippen molar-refractivity contribution in [1.29, 1.82) is 0 Å². The van der Waals surface area contributed by atoms with Crippen molar-refractivity contribution in [2.45, 2.75) is 0 Å². The van der Waals surface area contributed by atoms with Gasteiger partial charge in [0.25, 0.3) is 0 Å². The molecule has 0 bridgehead atoms. The standard InChI is InChI=1S/C5H8N2/c1-2-5-3-6-4-7-5/h2,6H,1,3-4H2.